The van der Waals surface area contributed by atoms with Crippen molar-refractivity contribution >= 4 is 11.9 Å². The van der Waals surface area contributed by atoms with Crippen LogP contribution in [-0.4, -0.2) is 23.0 Å². The zero-order valence-corrected chi connectivity index (χ0v) is 11.4. The number of carboxylic acid groups (broad SMARTS) is 1. The molecule has 5 heteroatoms. The molecule has 0 aromatic heterocycles. The van der Waals surface area contributed by atoms with Gasteiger partial charge in [0, 0.05) is 12.5 Å². The molecular formula is C14H22N2O3. The summed E-state index contributed by atoms with van der Waals surface area (Å²) in [5.74, 6) is -0.967. The van der Waals surface area contributed by atoms with Gasteiger partial charge in [-0.15, -0.1) is 0 Å². The molecule has 1 saturated carbocycles. The number of carbonyl (C=O) groups is 2. The number of nitrogens with one attached hydrogen (secondary N) is 1. The quantitative estimate of drug-likeness (QED) is 0.771. The van der Waals surface area contributed by atoms with Gasteiger partial charge in [-0.1, -0.05) is 19.3 Å². The first-order chi connectivity index (χ1) is 8.97. The average Bonchev–Trinajstić information content (AvgIpc) is 2.28. The SMILES string of the molecule is CC(CC#N)NC(=O)CC1(CC(=O)O)CCCCC1. The van der Waals surface area contributed by atoms with E-state index in [0.29, 0.717) is 0 Å². The van der Waals surface area contributed by atoms with E-state index < -0.39 is 5.97 Å². The largest absolute Gasteiger partial charge is 0.481 e. The fourth-order valence-electron chi connectivity index (χ4n) is 2.89. The second-order valence-corrected chi connectivity index (χ2v) is 5.64. The highest BCUT2D eigenvalue weighted by atomic mass is 16.4. The monoisotopic (exact) mass is 266 g/mol. The number of amides is 1. The summed E-state index contributed by atoms with van der Waals surface area (Å²) in [6.07, 6.45) is 5.31. The van der Waals surface area contributed by atoms with Crippen molar-refractivity contribution in [2.24, 2.45) is 5.41 Å². The zero-order valence-electron chi connectivity index (χ0n) is 11.4. The Hall–Kier alpha value is -1.57. The van der Waals surface area contributed by atoms with E-state index in [1.54, 1.807) is 6.92 Å². The highest BCUT2D eigenvalue weighted by Gasteiger charge is 2.36. The molecule has 1 unspecified atom stereocenters. The van der Waals surface area contributed by atoms with Crippen molar-refractivity contribution in [1.82, 2.24) is 5.32 Å². The smallest absolute Gasteiger partial charge is 0.303 e. The third-order valence-electron chi connectivity index (χ3n) is 3.78. The fourth-order valence-corrected chi connectivity index (χ4v) is 2.89. The summed E-state index contributed by atoms with van der Waals surface area (Å²) in [4.78, 5) is 23.0. The Labute approximate surface area is 114 Å². The van der Waals surface area contributed by atoms with Crippen LogP contribution < -0.4 is 5.32 Å². The van der Waals surface area contributed by atoms with Crippen LogP contribution in [0.15, 0.2) is 0 Å². The number of nitrogens with zero attached hydrogens (tertiary/aromatic N) is 1. The fraction of sp³-hybridized carbons (Fsp3) is 0.786. The molecule has 1 fully saturated rings. The van der Waals surface area contributed by atoms with Crippen LogP contribution in [0.5, 0.6) is 0 Å². The molecule has 0 aromatic rings. The second kappa shape index (κ2) is 7.13. The summed E-state index contributed by atoms with van der Waals surface area (Å²) in [5.41, 5.74) is -0.388. The van der Waals surface area contributed by atoms with Gasteiger partial charge in [-0.2, -0.15) is 5.26 Å². The molecule has 106 valence electrons. The summed E-state index contributed by atoms with van der Waals surface area (Å²) in [6, 6.07) is 1.83. The van der Waals surface area contributed by atoms with Gasteiger partial charge in [-0.25, -0.2) is 0 Å². The Balaban J connectivity index is 2.59. The van der Waals surface area contributed by atoms with Crippen LogP contribution >= 0.6 is 0 Å². The molecule has 19 heavy (non-hydrogen) atoms. The maximum absolute atomic E-state index is 12.0. The normalized spacial score (nSPS) is 19.2. The molecule has 1 aliphatic carbocycles. The standard InChI is InChI=1S/C14H22N2O3/c1-11(5-8-15)16-12(17)9-14(10-13(18)19)6-3-2-4-7-14/h11H,2-7,9-10H2,1H3,(H,16,17)(H,18,19). The molecule has 2 N–H and O–H groups in total. The molecule has 0 aliphatic heterocycles. The highest BCUT2D eigenvalue weighted by molar-refractivity contribution is 5.78. The predicted octanol–water partition coefficient (Wildman–Crippen LogP) is 2.22. The van der Waals surface area contributed by atoms with Crippen molar-refractivity contribution < 1.29 is 14.7 Å². The first-order valence-electron chi connectivity index (χ1n) is 6.85. The Bertz CT molecular complexity index is 367. The predicted molar refractivity (Wildman–Crippen MR) is 70.2 cm³/mol. The van der Waals surface area contributed by atoms with Gasteiger partial charge in [-0.3, -0.25) is 9.59 Å². The molecule has 0 saturated heterocycles. The lowest BCUT2D eigenvalue weighted by molar-refractivity contribution is -0.141. The van der Waals surface area contributed by atoms with Crippen molar-refractivity contribution in [3.8, 4) is 6.07 Å². The molecule has 1 amide bonds. The minimum atomic E-state index is -0.834. The van der Waals surface area contributed by atoms with E-state index in [1.807, 2.05) is 6.07 Å². The van der Waals surface area contributed by atoms with Gasteiger partial charge >= 0.3 is 5.97 Å². The van der Waals surface area contributed by atoms with Crippen LogP contribution in [0.3, 0.4) is 0 Å². The van der Waals surface area contributed by atoms with E-state index in [1.165, 1.54) is 0 Å². The van der Waals surface area contributed by atoms with Gasteiger partial charge in [-0.05, 0) is 25.2 Å². The maximum atomic E-state index is 12.0. The first kappa shape index (κ1) is 15.5. The molecule has 0 aromatic carbocycles. The number of carbonyl (C=O) groups excluding carboxylic acids is 1. The Morgan fingerprint density at radius 3 is 2.47 bits per heavy atom. The highest BCUT2D eigenvalue weighted by Crippen LogP contribution is 2.42. The summed E-state index contributed by atoms with van der Waals surface area (Å²) >= 11 is 0. The molecule has 0 bridgehead atoms. The third-order valence-corrected chi connectivity index (χ3v) is 3.78. The first-order valence-corrected chi connectivity index (χ1v) is 6.85. The molecule has 5 nitrogen and oxygen atoms in total. The van der Waals surface area contributed by atoms with Crippen molar-refractivity contribution in [2.75, 3.05) is 0 Å². The van der Waals surface area contributed by atoms with Gasteiger partial charge in [0.1, 0.15) is 0 Å². The summed E-state index contributed by atoms with van der Waals surface area (Å²) in [7, 11) is 0. The summed E-state index contributed by atoms with van der Waals surface area (Å²) in [5, 5.41) is 20.4. The van der Waals surface area contributed by atoms with Crippen LogP contribution in [0.4, 0.5) is 0 Å². The van der Waals surface area contributed by atoms with Crippen molar-refractivity contribution in [1.29, 1.82) is 5.26 Å². The molecule has 1 aliphatic rings. The second-order valence-electron chi connectivity index (χ2n) is 5.64. The molecule has 0 radical (unpaired) electrons. The van der Waals surface area contributed by atoms with Gasteiger partial charge in [0.25, 0.3) is 0 Å². The minimum absolute atomic E-state index is 0.0626. The van der Waals surface area contributed by atoms with Gasteiger partial charge in [0.15, 0.2) is 0 Å². The maximum Gasteiger partial charge on any atom is 0.303 e. The Morgan fingerprint density at radius 1 is 1.32 bits per heavy atom. The van der Waals surface area contributed by atoms with E-state index in [-0.39, 0.29) is 36.6 Å². The van der Waals surface area contributed by atoms with Crippen LogP contribution in [-0.2, 0) is 9.59 Å². The number of nitriles is 1. The topological polar surface area (TPSA) is 90.2 Å². The average molecular weight is 266 g/mol. The lowest BCUT2D eigenvalue weighted by atomic mass is 9.69. The van der Waals surface area contributed by atoms with Crippen LogP contribution in [0, 0.1) is 16.7 Å². The Morgan fingerprint density at radius 2 is 1.95 bits per heavy atom. The van der Waals surface area contributed by atoms with Crippen molar-refractivity contribution in [3.05, 3.63) is 0 Å². The summed E-state index contributed by atoms with van der Waals surface area (Å²) in [6.45, 7) is 1.78. The number of hydrogen-bond donors (Lipinski definition) is 2. The third kappa shape index (κ3) is 5.29. The zero-order chi connectivity index (χ0) is 14.3. The van der Waals surface area contributed by atoms with E-state index >= 15 is 0 Å². The van der Waals surface area contributed by atoms with Crippen LogP contribution in [0.25, 0.3) is 0 Å². The lowest BCUT2D eigenvalue weighted by Crippen LogP contribution is -2.38. The van der Waals surface area contributed by atoms with Crippen LogP contribution in [0.1, 0.15) is 58.3 Å². The number of aliphatic carboxylic acids is 1. The Kier molecular flexibility index (Phi) is 5.81. The summed E-state index contributed by atoms with van der Waals surface area (Å²) < 4.78 is 0. The molecular weight excluding hydrogens is 244 g/mol. The van der Waals surface area contributed by atoms with E-state index in [4.69, 9.17) is 10.4 Å². The number of hydrogen-bond acceptors (Lipinski definition) is 3. The van der Waals surface area contributed by atoms with Gasteiger partial charge in [0.05, 0.1) is 18.9 Å². The number of rotatable bonds is 6. The van der Waals surface area contributed by atoms with Gasteiger partial charge < -0.3 is 10.4 Å². The molecule has 1 atom stereocenters. The van der Waals surface area contributed by atoms with E-state index in [2.05, 4.69) is 5.32 Å². The minimum Gasteiger partial charge on any atom is -0.481 e. The van der Waals surface area contributed by atoms with Crippen LogP contribution in [0.2, 0.25) is 0 Å². The lowest BCUT2D eigenvalue weighted by Gasteiger charge is -2.35. The molecule has 1 rings (SSSR count). The van der Waals surface area contributed by atoms with Gasteiger partial charge in [0.2, 0.25) is 5.91 Å². The molecule has 0 spiro atoms. The molecule has 0 heterocycles. The number of carboxylic acids is 1. The van der Waals surface area contributed by atoms with Crippen molar-refractivity contribution in [3.63, 3.8) is 0 Å². The van der Waals surface area contributed by atoms with E-state index in [9.17, 15) is 9.59 Å². The van der Waals surface area contributed by atoms with E-state index in [0.717, 1.165) is 32.1 Å². The van der Waals surface area contributed by atoms with Crippen molar-refractivity contribution in [2.45, 2.75) is 64.3 Å².